The molecule has 3 nitrogen and oxygen atoms in total. The fourth-order valence-corrected chi connectivity index (χ4v) is 1.80. The normalized spacial score (nSPS) is 11.4. The molecule has 20 heavy (non-hydrogen) atoms. The lowest BCUT2D eigenvalue weighted by molar-refractivity contribution is -0.386. The molecule has 2 rings (SSSR count). The van der Waals surface area contributed by atoms with Crippen LogP contribution in [0, 0.1) is 15.9 Å². The van der Waals surface area contributed by atoms with Crippen LogP contribution < -0.4 is 0 Å². The van der Waals surface area contributed by atoms with Crippen LogP contribution in [-0.2, 0) is 6.18 Å². The van der Waals surface area contributed by atoms with Crippen molar-refractivity contribution < 1.29 is 22.5 Å². The maximum absolute atomic E-state index is 13.5. The smallest absolute Gasteiger partial charge is 0.258 e. The maximum Gasteiger partial charge on any atom is 0.416 e. The van der Waals surface area contributed by atoms with E-state index in [1.54, 1.807) is 0 Å². The zero-order valence-electron chi connectivity index (χ0n) is 9.82. The van der Waals surface area contributed by atoms with Crippen molar-refractivity contribution in [3.8, 4) is 11.1 Å². The number of halogens is 4. The summed E-state index contributed by atoms with van der Waals surface area (Å²) < 4.78 is 51.3. The van der Waals surface area contributed by atoms with Crippen molar-refractivity contribution in [1.29, 1.82) is 0 Å². The van der Waals surface area contributed by atoms with Crippen molar-refractivity contribution >= 4 is 5.69 Å². The Morgan fingerprint density at radius 2 is 1.70 bits per heavy atom. The van der Waals surface area contributed by atoms with Crippen LogP contribution in [0.5, 0.6) is 0 Å². The number of nitro groups is 1. The first-order valence-electron chi connectivity index (χ1n) is 5.41. The molecule has 0 bridgehead atoms. The van der Waals surface area contributed by atoms with E-state index in [4.69, 9.17) is 0 Å². The third-order valence-corrected chi connectivity index (χ3v) is 2.67. The van der Waals surface area contributed by atoms with Crippen molar-refractivity contribution in [2.75, 3.05) is 0 Å². The lowest BCUT2D eigenvalue weighted by Gasteiger charge is -2.09. The van der Waals surface area contributed by atoms with E-state index in [1.165, 1.54) is 18.2 Å². The molecule has 0 amide bonds. The van der Waals surface area contributed by atoms with Crippen LogP contribution in [-0.4, -0.2) is 4.92 Å². The summed E-state index contributed by atoms with van der Waals surface area (Å²) in [4.78, 5) is 9.89. The molecule has 104 valence electrons. The molecule has 0 saturated heterocycles. The number of rotatable bonds is 2. The average Bonchev–Trinajstić information content (AvgIpc) is 2.37. The van der Waals surface area contributed by atoms with Gasteiger partial charge in [0.15, 0.2) is 0 Å². The summed E-state index contributed by atoms with van der Waals surface area (Å²) >= 11 is 0. The van der Waals surface area contributed by atoms with E-state index in [0.717, 1.165) is 24.3 Å². The van der Waals surface area contributed by atoms with Gasteiger partial charge >= 0.3 is 11.9 Å². The molecule has 0 atom stereocenters. The number of alkyl halides is 3. The number of hydrogen-bond acceptors (Lipinski definition) is 2. The molecule has 0 aliphatic heterocycles. The molecule has 0 aliphatic rings. The molecule has 0 radical (unpaired) electrons. The van der Waals surface area contributed by atoms with E-state index in [-0.39, 0.29) is 11.1 Å². The van der Waals surface area contributed by atoms with Gasteiger partial charge in [-0.15, -0.1) is 0 Å². The summed E-state index contributed by atoms with van der Waals surface area (Å²) in [5.74, 6) is -1.09. The summed E-state index contributed by atoms with van der Waals surface area (Å²) in [6.07, 6.45) is -4.57. The zero-order chi connectivity index (χ0) is 14.9. The Balaban J connectivity index is 2.64. The Labute approximate surface area is 110 Å². The Morgan fingerprint density at radius 3 is 2.30 bits per heavy atom. The van der Waals surface area contributed by atoms with E-state index in [0.29, 0.717) is 0 Å². The summed E-state index contributed by atoms with van der Waals surface area (Å²) in [6, 6.07) is 7.27. The Morgan fingerprint density at radius 1 is 1.05 bits per heavy atom. The second-order valence-electron chi connectivity index (χ2n) is 3.97. The van der Waals surface area contributed by atoms with Crippen molar-refractivity contribution in [2.45, 2.75) is 6.18 Å². The first kappa shape index (κ1) is 14.0. The quantitative estimate of drug-likeness (QED) is 0.465. The molecule has 0 saturated carbocycles. The summed E-state index contributed by atoms with van der Waals surface area (Å²) in [6.45, 7) is 0. The molecule has 2 aromatic rings. The summed E-state index contributed by atoms with van der Waals surface area (Å²) in [7, 11) is 0. The van der Waals surface area contributed by atoms with Gasteiger partial charge in [-0.3, -0.25) is 10.1 Å². The molecule has 0 aromatic heterocycles. The third-order valence-electron chi connectivity index (χ3n) is 2.67. The predicted octanol–water partition coefficient (Wildman–Crippen LogP) is 4.42. The van der Waals surface area contributed by atoms with Crippen LogP contribution in [0.25, 0.3) is 11.1 Å². The van der Waals surface area contributed by atoms with Gasteiger partial charge in [-0.05, 0) is 29.8 Å². The predicted molar refractivity (Wildman–Crippen MR) is 63.5 cm³/mol. The molecular weight excluding hydrogens is 278 g/mol. The molecule has 0 N–H and O–H groups in total. The Bertz CT molecular complexity index is 668. The molecule has 0 heterocycles. The van der Waals surface area contributed by atoms with E-state index >= 15 is 0 Å². The number of nitro benzene ring substituents is 1. The third kappa shape index (κ3) is 2.61. The van der Waals surface area contributed by atoms with Crippen LogP contribution >= 0.6 is 0 Å². The fourth-order valence-electron chi connectivity index (χ4n) is 1.80. The van der Waals surface area contributed by atoms with Gasteiger partial charge < -0.3 is 0 Å². The van der Waals surface area contributed by atoms with Crippen molar-refractivity contribution in [3.05, 3.63) is 64.0 Å². The van der Waals surface area contributed by atoms with Crippen LogP contribution in [0.15, 0.2) is 42.5 Å². The molecule has 0 aliphatic carbocycles. The van der Waals surface area contributed by atoms with Gasteiger partial charge in [0.05, 0.1) is 16.1 Å². The second kappa shape index (κ2) is 4.92. The van der Waals surface area contributed by atoms with Crippen LogP contribution in [0.4, 0.5) is 23.2 Å². The first-order valence-corrected chi connectivity index (χ1v) is 5.41. The molecule has 0 unspecified atom stereocenters. The van der Waals surface area contributed by atoms with Crippen LogP contribution in [0.3, 0.4) is 0 Å². The van der Waals surface area contributed by atoms with E-state index in [1.807, 2.05) is 0 Å². The molecule has 0 fully saturated rings. The highest BCUT2D eigenvalue weighted by atomic mass is 19.4. The van der Waals surface area contributed by atoms with Gasteiger partial charge in [0.1, 0.15) is 0 Å². The minimum atomic E-state index is -4.57. The number of para-hydroxylation sites is 1. The number of benzene rings is 2. The van der Waals surface area contributed by atoms with E-state index in [9.17, 15) is 27.7 Å². The van der Waals surface area contributed by atoms with Gasteiger partial charge in [0.2, 0.25) is 5.82 Å². The Kier molecular flexibility index (Phi) is 3.44. The van der Waals surface area contributed by atoms with Crippen molar-refractivity contribution in [3.63, 3.8) is 0 Å². The highest BCUT2D eigenvalue weighted by Crippen LogP contribution is 2.36. The number of nitrogens with zero attached hydrogens (tertiary/aromatic N) is 1. The summed E-state index contributed by atoms with van der Waals surface area (Å²) in [5.41, 5.74) is -2.05. The minimum absolute atomic E-state index is 0.0639. The number of hydrogen-bond donors (Lipinski definition) is 0. The highest BCUT2D eigenvalue weighted by molar-refractivity contribution is 5.74. The highest BCUT2D eigenvalue weighted by Gasteiger charge is 2.31. The molecule has 7 heteroatoms. The van der Waals surface area contributed by atoms with Crippen LogP contribution in [0.2, 0.25) is 0 Å². The van der Waals surface area contributed by atoms with E-state index in [2.05, 4.69) is 0 Å². The average molecular weight is 285 g/mol. The topological polar surface area (TPSA) is 43.1 Å². The SMILES string of the molecule is O=[N+]([O-])c1c(F)cccc1-c1cccc(C(F)(F)F)c1. The lowest BCUT2D eigenvalue weighted by Crippen LogP contribution is -2.04. The van der Waals surface area contributed by atoms with Crippen molar-refractivity contribution in [2.24, 2.45) is 0 Å². The van der Waals surface area contributed by atoms with E-state index < -0.39 is 28.2 Å². The van der Waals surface area contributed by atoms with Gasteiger partial charge in [0, 0.05) is 0 Å². The van der Waals surface area contributed by atoms with Gasteiger partial charge in [0.25, 0.3) is 0 Å². The van der Waals surface area contributed by atoms with Crippen LogP contribution in [0.1, 0.15) is 5.56 Å². The Hall–Kier alpha value is -2.44. The monoisotopic (exact) mass is 285 g/mol. The molecule has 2 aromatic carbocycles. The van der Waals surface area contributed by atoms with Crippen molar-refractivity contribution in [1.82, 2.24) is 0 Å². The largest absolute Gasteiger partial charge is 0.416 e. The summed E-state index contributed by atoms with van der Waals surface area (Å²) in [5, 5.41) is 10.8. The minimum Gasteiger partial charge on any atom is -0.258 e. The standard InChI is InChI=1S/C13H7F4NO2/c14-11-6-2-5-10(12(11)18(19)20)8-3-1-4-9(7-8)13(15,16)17/h1-7H. The van der Waals surface area contributed by atoms with Gasteiger partial charge in [-0.25, -0.2) is 0 Å². The first-order chi connectivity index (χ1) is 9.30. The fraction of sp³-hybridized carbons (Fsp3) is 0.0769. The van der Waals surface area contributed by atoms with Gasteiger partial charge in [-0.1, -0.05) is 18.2 Å². The maximum atomic E-state index is 13.5. The molecule has 0 spiro atoms. The molecular formula is C13H7F4NO2. The zero-order valence-corrected chi connectivity index (χ0v) is 9.82. The van der Waals surface area contributed by atoms with Gasteiger partial charge in [-0.2, -0.15) is 17.6 Å². The second-order valence-corrected chi connectivity index (χ2v) is 3.97. The lowest BCUT2D eigenvalue weighted by atomic mass is 10.0.